The van der Waals surface area contributed by atoms with Gasteiger partial charge < -0.3 is 19.8 Å². The Morgan fingerprint density at radius 2 is 0.761 bits per heavy atom. The number of unbranched alkanes of at least 4 members (excludes halogenated alkanes) is 44. The standard InChI is InChI=1S/C62H125N2O6P/c1-6-8-10-12-14-16-18-20-22-24-25-26-27-28-29-30-31-32-33-34-35-36-37-38-39-40-42-44-46-48-50-52-54-56-62(66)63-60(59-70-71(67,68)69-58-57-64(3,4)5)61(65)55-53-51-49-47-45-43-41-23-21-19-17-15-13-11-9-7-2/h24-25,60-61,65H,6-23,26-59H2,1-5H3,(H-,63,66,67,68)/p+1/b25-24-. The highest BCUT2D eigenvalue weighted by atomic mass is 31.2. The molecule has 3 unspecified atom stereocenters. The molecule has 0 aliphatic rings. The van der Waals surface area contributed by atoms with Gasteiger partial charge in [-0.05, 0) is 38.5 Å². The summed E-state index contributed by atoms with van der Waals surface area (Å²) in [7, 11) is 1.63. The van der Waals surface area contributed by atoms with E-state index >= 15 is 0 Å². The van der Waals surface area contributed by atoms with E-state index in [1.807, 2.05) is 21.1 Å². The van der Waals surface area contributed by atoms with Crippen molar-refractivity contribution in [1.29, 1.82) is 0 Å². The third kappa shape index (κ3) is 56.8. The van der Waals surface area contributed by atoms with Crippen LogP contribution in [0.5, 0.6) is 0 Å². The SMILES string of the molecule is CCCCCCCCCC/C=C\CCCCCCCCCCCCCCCCCCCCCCCC(=O)NC(COP(=O)(O)OCC[N+](C)(C)C)C(O)CCCCCCCCCCCCCCCCCC. The quantitative estimate of drug-likeness (QED) is 0.0243. The molecule has 3 N–H and O–H groups in total. The second-order valence-electron chi connectivity index (χ2n) is 23.1. The van der Waals surface area contributed by atoms with Crippen LogP contribution in [-0.4, -0.2) is 73.4 Å². The molecule has 0 aromatic heterocycles. The van der Waals surface area contributed by atoms with E-state index in [9.17, 15) is 19.4 Å². The molecule has 71 heavy (non-hydrogen) atoms. The maximum Gasteiger partial charge on any atom is 0.472 e. The zero-order chi connectivity index (χ0) is 52.0. The summed E-state index contributed by atoms with van der Waals surface area (Å²) in [5.74, 6) is -0.137. The van der Waals surface area contributed by atoms with Crippen LogP contribution in [0.15, 0.2) is 12.2 Å². The predicted molar refractivity (Wildman–Crippen MR) is 309 cm³/mol. The molecule has 0 aliphatic heterocycles. The third-order valence-electron chi connectivity index (χ3n) is 14.8. The number of carbonyl (C=O) groups is 1. The van der Waals surface area contributed by atoms with Crippen molar-refractivity contribution >= 4 is 13.7 Å². The van der Waals surface area contributed by atoms with Gasteiger partial charge in [0.05, 0.1) is 39.9 Å². The molecule has 8 nitrogen and oxygen atoms in total. The van der Waals surface area contributed by atoms with E-state index in [1.165, 1.54) is 263 Å². The van der Waals surface area contributed by atoms with Crippen LogP contribution in [0, 0.1) is 0 Å². The lowest BCUT2D eigenvalue weighted by atomic mass is 10.0. The Bertz CT molecular complexity index is 1160. The molecule has 1 amide bonds. The molecule has 9 heteroatoms. The van der Waals surface area contributed by atoms with Gasteiger partial charge in [-0.2, -0.15) is 0 Å². The summed E-state index contributed by atoms with van der Waals surface area (Å²) in [6, 6.07) is -0.756. The highest BCUT2D eigenvalue weighted by molar-refractivity contribution is 7.47. The van der Waals surface area contributed by atoms with Crippen LogP contribution in [0.4, 0.5) is 0 Å². The van der Waals surface area contributed by atoms with Crippen LogP contribution in [-0.2, 0) is 18.4 Å². The second kappa shape index (κ2) is 54.0. The Kier molecular flexibility index (Phi) is 53.5. The summed E-state index contributed by atoms with van der Waals surface area (Å²) in [6.07, 6.45) is 67.2. The summed E-state index contributed by atoms with van der Waals surface area (Å²) in [5.41, 5.74) is 0. The van der Waals surface area contributed by atoms with Gasteiger partial charge in [-0.1, -0.05) is 296 Å². The highest BCUT2D eigenvalue weighted by Gasteiger charge is 2.28. The number of phosphoric acid groups is 1. The highest BCUT2D eigenvalue weighted by Crippen LogP contribution is 2.43. The first kappa shape index (κ1) is 70.2. The van der Waals surface area contributed by atoms with Crippen LogP contribution in [0.25, 0.3) is 0 Å². The van der Waals surface area contributed by atoms with Crippen LogP contribution < -0.4 is 5.32 Å². The first-order valence-corrected chi connectivity index (χ1v) is 33.0. The van der Waals surface area contributed by atoms with Gasteiger partial charge in [-0.3, -0.25) is 13.8 Å². The van der Waals surface area contributed by atoms with Crippen LogP contribution in [0.3, 0.4) is 0 Å². The van der Waals surface area contributed by atoms with Crippen molar-refractivity contribution in [2.45, 2.75) is 341 Å². The minimum atomic E-state index is -4.32. The molecular weight excluding hydrogens is 900 g/mol. The molecule has 0 radical (unpaired) electrons. The average molecular weight is 1030 g/mol. The normalized spacial score (nSPS) is 13.8. The first-order valence-electron chi connectivity index (χ1n) is 31.6. The molecule has 0 rings (SSSR count). The van der Waals surface area contributed by atoms with Crippen molar-refractivity contribution in [2.24, 2.45) is 0 Å². The summed E-state index contributed by atoms with van der Waals surface area (Å²) < 4.78 is 23.8. The van der Waals surface area contributed by atoms with Gasteiger partial charge in [-0.25, -0.2) is 4.57 Å². The van der Waals surface area contributed by atoms with E-state index in [4.69, 9.17) is 9.05 Å². The molecule has 424 valence electrons. The number of hydrogen-bond donors (Lipinski definition) is 3. The molecule has 0 saturated carbocycles. The zero-order valence-electron chi connectivity index (χ0n) is 48.5. The zero-order valence-corrected chi connectivity index (χ0v) is 49.4. The van der Waals surface area contributed by atoms with Crippen molar-refractivity contribution in [3.63, 3.8) is 0 Å². The van der Waals surface area contributed by atoms with Gasteiger partial charge in [0.2, 0.25) is 5.91 Å². The van der Waals surface area contributed by atoms with Crippen molar-refractivity contribution < 1.29 is 32.9 Å². The number of carbonyl (C=O) groups excluding carboxylic acids is 1. The van der Waals surface area contributed by atoms with Crippen molar-refractivity contribution in [2.75, 3.05) is 40.9 Å². The fourth-order valence-corrected chi connectivity index (χ4v) is 10.5. The van der Waals surface area contributed by atoms with Gasteiger partial charge >= 0.3 is 7.82 Å². The molecule has 0 saturated heterocycles. The Balaban J connectivity index is 3.96. The molecule has 0 fully saturated rings. The second-order valence-corrected chi connectivity index (χ2v) is 24.6. The molecule has 0 aliphatic carbocycles. The monoisotopic (exact) mass is 1030 g/mol. The third-order valence-corrected chi connectivity index (χ3v) is 15.7. The number of phosphoric ester groups is 1. The Labute approximate surface area is 443 Å². The average Bonchev–Trinajstić information content (AvgIpc) is 3.33. The van der Waals surface area contributed by atoms with E-state index in [1.54, 1.807) is 0 Å². The number of likely N-dealkylation sites (N-methyl/N-ethyl adjacent to an activating group) is 1. The fraction of sp³-hybridized carbons (Fsp3) is 0.952. The van der Waals surface area contributed by atoms with Gasteiger partial charge in [0.1, 0.15) is 13.2 Å². The lowest BCUT2D eigenvalue weighted by molar-refractivity contribution is -0.870. The summed E-state index contributed by atoms with van der Waals surface area (Å²) >= 11 is 0. The first-order chi connectivity index (χ1) is 34.5. The molecule has 0 aromatic carbocycles. The number of nitrogens with zero attached hydrogens (tertiary/aromatic N) is 1. The topological polar surface area (TPSA) is 105 Å². The number of nitrogens with one attached hydrogen (secondary N) is 1. The summed E-state index contributed by atoms with van der Waals surface area (Å²) in [4.78, 5) is 23.4. The van der Waals surface area contributed by atoms with Crippen molar-refractivity contribution in [1.82, 2.24) is 5.32 Å². The van der Waals surface area contributed by atoms with Crippen LogP contribution >= 0.6 is 7.82 Å². The number of quaternary nitrogens is 1. The van der Waals surface area contributed by atoms with E-state index in [-0.39, 0.29) is 19.1 Å². The number of aliphatic hydroxyl groups excluding tert-OH is 1. The van der Waals surface area contributed by atoms with Crippen LogP contribution in [0.1, 0.15) is 328 Å². The molecule has 0 aromatic rings. The van der Waals surface area contributed by atoms with E-state index < -0.39 is 20.0 Å². The number of rotatable bonds is 59. The molecule has 0 spiro atoms. The maximum absolute atomic E-state index is 13.0. The number of amides is 1. The predicted octanol–water partition coefficient (Wildman–Crippen LogP) is 19.4. The number of hydrogen-bond acceptors (Lipinski definition) is 5. The molecule has 0 heterocycles. The van der Waals surface area contributed by atoms with Crippen LogP contribution in [0.2, 0.25) is 0 Å². The largest absolute Gasteiger partial charge is 0.472 e. The van der Waals surface area contributed by atoms with Gasteiger partial charge in [0.15, 0.2) is 0 Å². The molecular formula is C62H126N2O6P+. The van der Waals surface area contributed by atoms with Gasteiger partial charge in [0.25, 0.3) is 0 Å². The van der Waals surface area contributed by atoms with Crippen molar-refractivity contribution in [3.05, 3.63) is 12.2 Å². The molecule has 0 bridgehead atoms. The minimum absolute atomic E-state index is 0.0782. The Morgan fingerprint density at radius 3 is 1.08 bits per heavy atom. The number of allylic oxidation sites excluding steroid dienone is 2. The molecule has 3 atom stereocenters. The van der Waals surface area contributed by atoms with Crippen molar-refractivity contribution in [3.8, 4) is 0 Å². The van der Waals surface area contributed by atoms with Gasteiger partial charge in [-0.15, -0.1) is 0 Å². The summed E-state index contributed by atoms with van der Waals surface area (Å²) in [6.45, 7) is 4.94. The van der Waals surface area contributed by atoms with E-state index in [0.29, 0.717) is 23.9 Å². The lowest BCUT2D eigenvalue weighted by Crippen LogP contribution is -2.46. The number of aliphatic hydroxyl groups is 1. The maximum atomic E-state index is 13.0. The van der Waals surface area contributed by atoms with E-state index in [2.05, 4.69) is 31.3 Å². The van der Waals surface area contributed by atoms with Gasteiger partial charge in [0, 0.05) is 6.42 Å². The summed E-state index contributed by atoms with van der Waals surface area (Å²) in [5, 5.41) is 14.1. The lowest BCUT2D eigenvalue weighted by Gasteiger charge is -2.26. The minimum Gasteiger partial charge on any atom is -0.391 e. The van der Waals surface area contributed by atoms with E-state index in [0.717, 1.165) is 38.5 Å². The smallest absolute Gasteiger partial charge is 0.391 e. The Hall–Kier alpha value is -0.760. The fourth-order valence-electron chi connectivity index (χ4n) is 9.81. The Morgan fingerprint density at radius 1 is 0.465 bits per heavy atom.